The van der Waals surface area contributed by atoms with Crippen LogP contribution in [0.2, 0.25) is 0 Å². The molecule has 0 aliphatic heterocycles. The molecule has 6 nitrogen and oxygen atoms in total. The van der Waals surface area contributed by atoms with Crippen molar-refractivity contribution in [3.63, 3.8) is 0 Å². The monoisotopic (exact) mass is 317 g/mol. The van der Waals surface area contributed by atoms with Crippen molar-refractivity contribution < 1.29 is 14.3 Å². The smallest absolute Gasteiger partial charge is 0.271 e. The number of carbonyl (C=O) groups is 1. The molecule has 1 atom stereocenters. The number of aromatic amines is 1. The number of rotatable bonds is 5. The Kier molecular flexibility index (Phi) is 4.52. The fourth-order valence-corrected chi connectivity index (χ4v) is 3.09. The molecule has 2 heterocycles. The van der Waals surface area contributed by atoms with Gasteiger partial charge in [0.25, 0.3) is 5.91 Å². The number of amides is 1. The highest BCUT2D eigenvalue weighted by Gasteiger charge is 2.27. The largest absolute Gasteiger partial charge is 0.466 e. The molecule has 0 spiro atoms. The standard InChI is InChI=1S/C17H23N3O3/c1-17(22,15-8-5-9-23-15)11-18-16(21)14-10-13(19-20-14)12-6-3-2-4-7-12/h5,8-10,12,22H,2-4,6-7,11H2,1H3,(H,18,21)(H,19,20). The fourth-order valence-electron chi connectivity index (χ4n) is 3.09. The second-order valence-corrected chi connectivity index (χ2v) is 6.48. The maximum Gasteiger partial charge on any atom is 0.271 e. The van der Waals surface area contributed by atoms with Crippen molar-refractivity contribution in [3.8, 4) is 0 Å². The van der Waals surface area contributed by atoms with E-state index >= 15 is 0 Å². The van der Waals surface area contributed by atoms with E-state index in [2.05, 4.69) is 15.5 Å². The van der Waals surface area contributed by atoms with Gasteiger partial charge in [0.05, 0.1) is 12.8 Å². The Bertz CT molecular complexity index is 640. The lowest BCUT2D eigenvalue weighted by Gasteiger charge is -2.20. The average molecular weight is 317 g/mol. The second-order valence-electron chi connectivity index (χ2n) is 6.48. The van der Waals surface area contributed by atoms with E-state index in [1.165, 1.54) is 25.5 Å². The molecule has 1 aliphatic rings. The maximum atomic E-state index is 12.2. The predicted octanol–water partition coefficient (Wildman–Crippen LogP) is 2.69. The van der Waals surface area contributed by atoms with E-state index in [0.717, 1.165) is 18.5 Å². The summed E-state index contributed by atoms with van der Waals surface area (Å²) in [4.78, 5) is 12.2. The van der Waals surface area contributed by atoms with Crippen LogP contribution in [0.3, 0.4) is 0 Å². The average Bonchev–Trinajstić information content (AvgIpc) is 3.25. The number of H-pyrrole nitrogens is 1. The van der Waals surface area contributed by atoms with Gasteiger partial charge in [0.2, 0.25) is 0 Å². The zero-order valence-electron chi connectivity index (χ0n) is 13.3. The molecule has 3 N–H and O–H groups in total. The molecule has 3 rings (SSSR count). The van der Waals surface area contributed by atoms with Crippen molar-refractivity contribution in [2.24, 2.45) is 0 Å². The van der Waals surface area contributed by atoms with Gasteiger partial charge >= 0.3 is 0 Å². The molecular formula is C17H23N3O3. The highest BCUT2D eigenvalue weighted by atomic mass is 16.4. The summed E-state index contributed by atoms with van der Waals surface area (Å²) in [5, 5.41) is 20.2. The Morgan fingerprint density at radius 3 is 2.96 bits per heavy atom. The van der Waals surface area contributed by atoms with Crippen LogP contribution >= 0.6 is 0 Å². The van der Waals surface area contributed by atoms with Crippen LogP contribution in [0.25, 0.3) is 0 Å². The van der Waals surface area contributed by atoms with Crippen molar-refractivity contribution in [3.05, 3.63) is 41.6 Å². The van der Waals surface area contributed by atoms with Crippen molar-refractivity contribution >= 4 is 5.91 Å². The molecule has 1 fully saturated rings. The molecule has 1 saturated carbocycles. The molecule has 0 saturated heterocycles. The van der Waals surface area contributed by atoms with Gasteiger partial charge in [-0.2, -0.15) is 5.10 Å². The van der Waals surface area contributed by atoms with Crippen molar-refractivity contribution in [1.82, 2.24) is 15.5 Å². The van der Waals surface area contributed by atoms with Crippen molar-refractivity contribution in [2.75, 3.05) is 6.54 Å². The minimum atomic E-state index is -1.25. The SMILES string of the molecule is CC(O)(CNC(=O)c1cc(C2CCCCC2)[nH]n1)c1ccco1. The van der Waals surface area contributed by atoms with Gasteiger partial charge in [0, 0.05) is 11.6 Å². The molecule has 0 aromatic carbocycles. The van der Waals surface area contributed by atoms with E-state index in [4.69, 9.17) is 4.42 Å². The van der Waals surface area contributed by atoms with Crippen LogP contribution in [0, 0.1) is 0 Å². The number of nitrogens with zero attached hydrogens (tertiary/aromatic N) is 1. The van der Waals surface area contributed by atoms with Gasteiger partial charge in [0.15, 0.2) is 0 Å². The Morgan fingerprint density at radius 2 is 2.26 bits per heavy atom. The van der Waals surface area contributed by atoms with Gasteiger partial charge in [-0.1, -0.05) is 19.3 Å². The first-order chi connectivity index (χ1) is 11.1. The molecule has 6 heteroatoms. The summed E-state index contributed by atoms with van der Waals surface area (Å²) >= 11 is 0. The Balaban J connectivity index is 1.59. The lowest BCUT2D eigenvalue weighted by Crippen LogP contribution is -2.38. The number of hydrogen-bond acceptors (Lipinski definition) is 4. The van der Waals surface area contributed by atoms with Gasteiger partial charge in [0.1, 0.15) is 17.1 Å². The molecule has 2 aromatic rings. The third kappa shape index (κ3) is 3.64. The number of furan rings is 1. The van der Waals surface area contributed by atoms with Crippen LogP contribution in [-0.4, -0.2) is 27.8 Å². The number of aliphatic hydroxyl groups is 1. The molecule has 1 aliphatic carbocycles. The summed E-state index contributed by atoms with van der Waals surface area (Å²) in [6.07, 6.45) is 7.55. The van der Waals surface area contributed by atoms with E-state index < -0.39 is 5.60 Å². The lowest BCUT2D eigenvalue weighted by atomic mass is 9.87. The van der Waals surface area contributed by atoms with Gasteiger partial charge in [-0.25, -0.2) is 0 Å². The summed E-state index contributed by atoms with van der Waals surface area (Å²) in [7, 11) is 0. The molecule has 0 bridgehead atoms. The number of carbonyl (C=O) groups excluding carboxylic acids is 1. The van der Waals surface area contributed by atoms with Gasteiger partial charge in [-0.3, -0.25) is 9.89 Å². The number of aromatic nitrogens is 2. The van der Waals surface area contributed by atoms with E-state index in [0.29, 0.717) is 17.4 Å². The molecule has 1 unspecified atom stereocenters. The molecule has 124 valence electrons. The Morgan fingerprint density at radius 1 is 1.48 bits per heavy atom. The van der Waals surface area contributed by atoms with Crippen LogP contribution in [-0.2, 0) is 5.60 Å². The quantitative estimate of drug-likeness (QED) is 0.790. The normalized spacial score (nSPS) is 18.5. The predicted molar refractivity (Wildman–Crippen MR) is 85.0 cm³/mol. The van der Waals surface area contributed by atoms with Crippen LogP contribution in [0.15, 0.2) is 28.9 Å². The van der Waals surface area contributed by atoms with Gasteiger partial charge in [-0.15, -0.1) is 0 Å². The number of hydrogen-bond donors (Lipinski definition) is 3. The van der Waals surface area contributed by atoms with E-state index in [1.54, 1.807) is 19.1 Å². The molecule has 23 heavy (non-hydrogen) atoms. The minimum absolute atomic E-state index is 0.0605. The van der Waals surface area contributed by atoms with Crippen LogP contribution in [0.1, 0.15) is 66.9 Å². The third-order valence-corrected chi connectivity index (χ3v) is 4.52. The molecular weight excluding hydrogens is 294 g/mol. The summed E-state index contributed by atoms with van der Waals surface area (Å²) < 4.78 is 5.20. The third-order valence-electron chi connectivity index (χ3n) is 4.52. The summed E-state index contributed by atoms with van der Waals surface area (Å²) in [5.74, 6) is 0.599. The van der Waals surface area contributed by atoms with Crippen molar-refractivity contribution in [1.29, 1.82) is 0 Å². The Labute approximate surface area is 135 Å². The van der Waals surface area contributed by atoms with E-state index in [9.17, 15) is 9.90 Å². The maximum absolute atomic E-state index is 12.2. The van der Waals surface area contributed by atoms with Crippen LogP contribution < -0.4 is 5.32 Å². The first kappa shape index (κ1) is 15.8. The summed E-state index contributed by atoms with van der Waals surface area (Å²) in [6, 6.07) is 5.21. The van der Waals surface area contributed by atoms with E-state index in [-0.39, 0.29) is 12.5 Å². The Hall–Kier alpha value is -2.08. The second kappa shape index (κ2) is 6.58. The number of nitrogens with one attached hydrogen (secondary N) is 2. The fraction of sp³-hybridized carbons (Fsp3) is 0.529. The minimum Gasteiger partial charge on any atom is -0.466 e. The van der Waals surface area contributed by atoms with Gasteiger partial charge < -0.3 is 14.8 Å². The summed E-state index contributed by atoms with van der Waals surface area (Å²) in [6.45, 7) is 1.66. The summed E-state index contributed by atoms with van der Waals surface area (Å²) in [5.41, 5.74) is 0.148. The van der Waals surface area contributed by atoms with Crippen LogP contribution in [0.4, 0.5) is 0 Å². The zero-order chi connectivity index (χ0) is 16.3. The van der Waals surface area contributed by atoms with Crippen molar-refractivity contribution in [2.45, 2.75) is 50.5 Å². The topological polar surface area (TPSA) is 91.2 Å². The van der Waals surface area contributed by atoms with E-state index in [1.807, 2.05) is 6.07 Å². The first-order valence-corrected chi connectivity index (χ1v) is 8.16. The lowest BCUT2D eigenvalue weighted by molar-refractivity contribution is 0.0329. The molecule has 2 aromatic heterocycles. The zero-order valence-corrected chi connectivity index (χ0v) is 13.3. The first-order valence-electron chi connectivity index (χ1n) is 8.16. The highest BCUT2D eigenvalue weighted by molar-refractivity contribution is 5.92. The molecule has 0 radical (unpaired) electrons. The molecule has 1 amide bonds. The highest BCUT2D eigenvalue weighted by Crippen LogP contribution is 2.31. The van der Waals surface area contributed by atoms with Gasteiger partial charge in [-0.05, 0) is 38.0 Å². The van der Waals surface area contributed by atoms with Crippen LogP contribution in [0.5, 0.6) is 0 Å².